The van der Waals surface area contributed by atoms with Gasteiger partial charge in [-0.25, -0.2) is 4.79 Å². The number of ether oxygens (including phenoxy) is 1. The van der Waals surface area contributed by atoms with Gasteiger partial charge in [-0.15, -0.1) is 22.7 Å². The molecule has 5 nitrogen and oxygen atoms in total. The lowest BCUT2D eigenvalue weighted by atomic mass is 10.0. The van der Waals surface area contributed by atoms with Crippen molar-refractivity contribution in [2.75, 3.05) is 12.3 Å². The fourth-order valence-electron chi connectivity index (χ4n) is 2.94. The van der Waals surface area contributed by atoms with Gasteiger partial charge in [0.05, 0.1) is 18.2 Å². The molecule has 0 bridgehead atoms. The summed E-state index contributed by atoms with van der Waals surface area (Å²) < 4.78 is 5.14. The molecule has 0 fully saturated rings. The zero-order valence-electron chi connectivity index (χ0n) is 15.7. The van der Waals surface area contributed by atoms with Crippen LogP contribution in [0.3, 0.4) is 0 Å². The molecule has 0 radical (unpaired) electrons. The number of aryl methyl sites for hydroxylation is 1. The zero-order valence-corrected chi connectivity index (χ0v) is 17.3. The third-order valence-electron chi connectivity index (χ3n) is 4.33. The minimum atomic E-state index is -0.444. The van der Waals surface area contributed by atoms with Crippen LogP contribution in [0.4, 0.5) is 5.00 Å². The average molecular weight is 412 g/mol. The maximum absolute atomic E-state index is 12.3. The fourth-order valence-corrected chi connectivity index (χ4v) is 4.70. The van der Waals surface area contributed by atoms with E-state index in [2.05, 4.69) is 48.6 Å². The van der Waals surface area contributed by atoms with Gasteiger partial charge in [0.2, 0.25) is 0 Å². The molecule has 144 valence electrons. The second-order valence-corrected chi connectivity index (χ2v) is 8.25. The lowest BCUT2D eigenvalue weighted by molar-refractivity contribution is 0.0530. The molecule has 7 heteroatoms. The first-order chi connectivity index (χ1) is 13.5. The lowest BCUT2D eigenvalue weighted by Gasteiger charge is -2.19. The molecule has 2 aromatic heterocycles. The molecule has 0 saturated heterocycles. The van der Waals surface area contributed by atoms with Crippen molar-refractivity contribution in [2.24, 2.45) is 0 Å². The van der Waals surface area contributed by atoms with Crippen molar-refractivity contribution in [1.82, 2.24) is 5.32 Å². The van der Waals surface area contributed by atoms with Crippen molar-refractivity contribution in [3.8, 4) is 6.07 Å². The summed E-state index contributed by atoms with van der Waals surface area (Å²) in [6, 6.07) is 14.5. The number of benzene rings is 1. The van der Waals surface area contributed by atoms with Crippen molar-refractivity contribution in [2.45, 2.75) is 26.4 Å². The van der Waals surface area contributed by atoms with Crippen molar-refractivity contribution in [3.05, 3.63) is 73.8 Å². The van der Waals surface area contributed by atoms with Crippen molar-refractivity contribution < 1.29 is 9.53 Å². The predicted octanol–water partition coefficient (Wildman–Crippen LogP) is 4.63. The number of nitriles is 1. The number of hydrogen-bond donors (Lipinski definition) is 2. The Labute approximate surface area is 172 Å². The molecule has 2 heterocycles. The summed E-state index contributed by atoms with van der Waals surface area (Å²) >= 11 is 2.76. The number of carbonyl (C=O) groups excluding carboxylic acids is 1. The molecule has 3 aromatic rings. The van der Waals surface area contributed by atoms with Crippen LogP contribution in [-0.4, -0.2) is 12.6 Å². The van der Waals surface area contributed by atoms with Crippen molar-refractivity contribution in [3.63, 3.8) is 0 Å². The van der Waals surface area contributed by atoms with E-state index in [1.54, 1.807) is 18.3 Å². The van der Waals surface area contributed by atoms with E-state index in [9.17, 15) is 10.1 Å². The highest BCUT2D eigenvalue weighted by atomic mass is 32.1. The van der Waals surface area contributed by atoms with E-state index >= 15 is 0 Å². The van der Waals surface area contributed by atoms with Gasteiger partial charge in [0.1, 0.15) is 15.9 Å². The summed E-state index contributed by atoms with van der Waals surface area (Å²) in [6.07, 6.45) is 0. The molecule has 0 aliphatic rings. The van der Waals surface area contributed by atoms with Gasteiger partial charge >= 0.3 is 5.97 Å². The van der Waals surface area contributed by atoms with Gasteiger partial charge in [0.25, 0.3) is 0 Å². The molecule has 0 amide bonds. The Morgan fingerprint density at radius 2 is 2.07 bits per heavy atom. The van der Waals surface area contributed by atoms with Crippen LogP contribution >= 0.6 is 22.7 Å². The molecule has 0 unspecified atom stereocenters. The van der Waals surface area contributed by atoms with Gasteiger partial charge in [0.15, 0.2) is 0 Å². The number of nitrogens with two attached hydrogens (primary N) is 1. The maximum atomic E-state index is 12.3. The van der Waals surface area contributed by atoms with E-state index in [1.807, 2.05) is 11.4 Å². The molecule has 1 aromatic carbocycles. The van der Waals surface area contributed by atoms with Crippen molar-refractivity contribution >= 4 is 33.6 Å². The van der Waals surface area contributed by atoms with Crippen LogP contribution in [0.15, 0.2) is 41.8 Å². The standard InChI is InChI=1S/C21H21N3O2S2/c1-3-26-21(25)19-16(15(11-22)20(23)28-19)12-24-18(17-5-4-10-27-17)14-8-6-13(2)7-9-14/h4-10,18,24H,3,12,23H2,1-2H3/t18-/m0/s1. The summed E-state index contributed by atoms with van der Waals surface area (Å²) in [5.74, 6) is -0.444. The first kappa shape index (κ1) is 20.1. The van der Waals surface area contributed by atoms with E-state index in [0.717, 1.165) is 21.8 Å². The number of nitrogens with zero attached hydrogens (tertiary/aromatic N) is 1. The summed E-state index contributed by atoms with van der Waals surface area (Å²) in [5.41, 5.74) is 9.22. The Balaban J connectivity index is 1.93. The van der Waals surface area contributed by atoms with Crippen LogP contribution in [0, 0.1) is 18.3 Å². The van der Waals surface area contributed by atoms with Crippen LogP contribution < -0.4 is 11.1 Å². The fraction of sp³-hybridized carbons (Fsp3) is 0.238. The van der Waals surface area contributed by atoms with E-state index < -0.39 is 5.97 Å². The number of carbonyl (C=O) groups is 1. The molecule has 0 spiro atoms. The molecule has 3 rings (SSSR count). The molecule has 0 aliphatic heterocycles. The van der Waals surface area contributed by atoms with Gasteiger partial charge in [0, 0.05) is 17.0 Å². The van der Waals surface area contributed by atoms with E-state index in [1.165, 1.54) is 5.56 Å². The van der Waals surface area contributed by atoms with E-state index in [4.69, 9.17) is 10.5 Å². The van der Waals surface area contributed by atoms with E-state index in [0.29, 0.717) is 27.5 Å². The van der Waals surface area contributed by atoms with Gasteiger partial charge in [-0.05, 0) is 30.9 Å². The number of nitrogen functional groups attached to an aromatic ring is 1. The number of esters is 1. The minimum Gasteiger partial charge on any atom is -0.462 e. The van der Waals surface area contributed by atoms with Crippen LogP contribution in [-0.2, 0) is 11.3 Å². The third-order valence-corrected chi connectivity index (χ3v) is 6.31. The maximum Gasteiger partial charge on any atom is 0.348 e. The van der Waals surface area contributed by atoms with Gasteiger partial charge in [-0.2, -0.15) is 5.26 Å². The second-order valence-electron chi connectivity index (χ2n) is 6.22. The molecular weight excluding hydrogens is 390 g/mol. The Morgan fingerprint density at radius 1 is 1.32 bits per heavy atom. The number of thiophene rings is 2. The number of hydrogen-bond acceptors (Lipinski definition) is 7. The first-order valence-electron chi connectivity index (χ1n) is 8.86. The average Bonchev–Trinajstić information content (AvgIpc) is 3.31. The molecule has 28 heavy (non-hydrogen) atoms. The molecular formula is C21H21N3O2S2. The monoisotopic (exact) mass is 411 g/mol. The first-order valence-corrected chi connectivity index (χ1v) is 10.6. The predicted molar refractivity (Wildman–Crippen MR) is 114 cm³/mol. The van der Waals surface area contributed by atoms with Crippen LogP contribution in [0.2, 0.25) is 0 Å². The number of rotatable bonds is 7. The second kappa shape index (κ2) is 9.02. The Kier molecular flexibility index (Phi) is 6.47. The summed E-state index contributed by atoms with van der Waals surface area (Å²) in [5, 5.41) is 15.4. The highest BCUT2D eigenvalue weighted by Gasteiger charge is 2.24. The smallest absolute Gasteiger partial charge is 0.348 e. The van der Waals surface area contributed by atoms with Gasteiger partial charge < -0.3 is 15.8 Å². The van der Waals surface area contributed by atoms with Crippen LogP contribution in [0.1, 0.15) is 49.8 Å². The van der Waals surface area contributed by atoms with E-state index in [-0.39, 0.29) is 12.6 Å². The topological polar surface area (TPSA) is 88.1 Å². The van der Waals surface area contributed by atoms with Gasteiger partial charge in [-0.3, -0.25) is 0 Å². The SMILES string of the molecule is CCOC(=O)c1sc(N)c(C#N)c1CN[C@@H](c1ccc(C)cc1)c1cccs1. The molecule has 0 saturated carbocycles. The number of anilines is 1. The largest absolute Gasteiger partial charge is 0.462 e. The van der Waals surface area contributed by atoms with Crippen LogP contribution in [0.25, 0.3) is 0 Å². The summed E-state index contributed by atoms with van der Waals surface area (Å²) in [6.45, 7) is 4.41. The highest BCUT2D eigenvalue weighted by molar-refractivity contribution is 7.18. The summed E-state index contributed by atoms with van der Waals surface area (Å²) in [7, 11) is 0. The van der Waals surface area contributed by atoms with Crippen molar-refractivity contribution in [1.29, 1.82) is 5.26 Å². The van der Waals surface area contributed by atoms with Gasteiger partial charge in [-0.1, -0.05) is 35.9 Å². The Morgan fingerprint density at radius 3 is 2.68 bits per heavy atom. The molecule has 1 atom stereocenters. The minimum absolute atomic E-state index is 0.0525. The summed E-state index contributed by atoms with van der Waals surface area (Å²) in [4.78, 5) is 13.9. The molecule has 0 aliphatic carbocycles. The lowest BCUT2D eigenvalue weighted by Crippen LogP contribution is -2.22. The Hall–Kier alpha value is -2.66. The number of nitrogens with one attached hydrogen (secondary N) is 1. The Bertz CT molecular complexity index is 986. The van der Waals surface area contributed by atoms with Crippen LogP contribution in [0.5, 0.6) is 0 Å². The molecule has 3 N–H and O–H groups in total. The quantitative estimate of drug-likeness (QED) is 0.554. The third kappa shape index (κ3) is 4.25. The zero-order chi connectivity index (χ0) is 20.1. The normalized spacial score (nSPS) is 11.8. The highest BCUT2D eigenvalue weighted by Crippen LogP contribution is 2.33.